The topological polar surface area (TPSA) is 187 Å². The van der Waals surface area contributed by atoms with Gasteiger partial charge >= 0.3 is 24.3 Å². The lowest BCUT2D eigenvalue weighted by atomic mass is 10.0. The number of halogens is 8. The fourth-order valence-electron chi connectivity index (χ4n) is 4.03. The van der Waals surface area contributed by atoms with E-state index in [9.17, 15) is 49.5 Å². The summed E-state index contributed by atoms with van der Waals surface area (Å²) in [6.45, 7) is -0.587. The monoisotopic (exact) mass is 695 g/mol. The number of hydrogen-bond donors (Lipinski definition) is 6. The normalized spacial score (nSPS) is 15.2. The van der Waals surface area contributed by atoms with Gasteiger partial charge in [0.25, 0.3) is 5.91 Å². The number of carbonyl (C=O) groups is 4. The summed E-state index contributed by atoms with van der Waals surface area (Å²) in [7, 11) is 1.06. The zero-order valence-electron chi connectivity index (χ0n) is 24.4. The molecule has 0 saturated carbocycles. The van der Waals surface area contributed by atoms with E-state index < -0.39 is 72.7 Å². The number of carboxylic acid groups (broad SMARTS) is 1. The average Bonchev–Trinajstić information content (AvgIpc) is 3.48. The third-order valence-corrected chi connectivity index (χ3v) is 6.29. The van der Waals surface area contributed by atoms with Crippen molar-refractivity contribution in [1.29, 1.82) is 0 Å². The van der Waals surface area contributed by atoms with Crippen LogP contribution >= 0.6 is 0 Å². The Morgan fingerprint density at radius 2 is 1.79 bits per heavy atom. The van der Waals surface area contributed by atoms with E-state index in [2.05, 4.69) is 41.2 Å². The highest BCUT2D eigenvalue weighted by molar-refractivity contribution is 6.09. The van der Waals surface area contributed by atoms with Gasteiger partial charge in [0.15, 0.2) is 5.96 Å². The number of alkyl halides is 7. The Hall–Kier alpha value is -5.50. The molecule has 1 aliphatic heterocycles. The number of amides is 2. The summed E-state index contributed by atoms with van der Waals surface area (Å²) in [5, 5.41) is 24.7. The molecule has 1 aromatic heterocycles. The molecule has 0 spiro atoms. The van der Waals surface area contributed by atoms with Gasteiger partial charge in [-0.2, -0.15) is 31.4 Å². The summed E-state index contributed by atoms with van der Waals surface area (Å²) >= 11 is 0. The zero-order valence-corrected chi connectivity index (χ0v) is 24.4. The van der Waals surface area contributed by atoms with E-state index in [1.54, 1.807) is 6.07 Å². The molecule has 6 N–H and O–H groups in total. The second kappa shape index (κ2) is 15.4. The number of anilines is 1. The molecular formula is C27H25F8N7O6. The first-order valence-corrected chi connectivity index (χ1v) is 13.4. The van der Waals surface area contributed by atoms with E-state index in [-0.39, 0.29) is 24.2 Å². The van der Waals surface area contributed by atoms with Gasteiger partial charge < -0.3 is 31.1 Å². The minimum absolute atomic E-state index is 0.0312. The van der Waals surface area contributed by atoms with Crippen molar-refractivity contribution in [2.75, 3.05) is 32.1 Å². The van der Waals surface area contributed by atoms with Gasteiger partial charge in [-0.25, -0.2) is 18.6 Å². The van der Waals surface area contributed by atoms with Crippen molar-refractivity contribution in [2.45, 2.75) is 31.0 Å². The number of methoxy groups -OCH3 is 1. The van der Waals surface area contributed by atoms with Crippen LogP contribution in [-0.4, -0.2) is 84.1 Å². The predicted octanol–water partition coefficient (Wildman–Crippen LogP) is 3.21. The molecule has 1 unspecified atom stereocenters. The van der Waals surface area contributed by atoms with Gasteiger partial charge in [-0.1, -0.05) is 6.07 Å². The minimum Gasteiger partial charge on any atom is -0.475 e. The van der Waals surface area contributed by atoms with Crippen LogP contribution in [0, 0.1) is 5.82 Å². The highest BCUT2D eigenvalue weighted by Gasteiger charge is 2.38. The van der Waals surface area contributed by atoms with Crippen molar-refractivity contribution in [3.8, 4) is 0 Å². The quantitative estimate of drug-likeness (QED) is 0.152. The van der Waals surface area contributed by atoms with Crippen molar-refractivity contribution in [1.82, 2.24) is 26.1 Å². The first-order chi connectivity index (χ1) is 22.4. The van der Waals surface area contributed by atoms with Gasteiger partial charge in [0.1, 0.15) is 12.0 Å². The van der Waals surface area contributed by atoms with Crippen LogP contribution in [-0.2, 0) is 25.3 Å². The molecule has 1 aliphatic rings. The van der Waals surface area contributed by atoms with E-state index in [0.29, 0.717) is 34.7 Å². The second-order valence-corrected chi connectivity index (χ2v) is 9.77. The molecule has 0 fully saturated rings. The van der Waals surface area contributed by atoms with Gasteiger partial charge in [0.2, 0.25) is 5.91 Å². The smallest absolute Gasteiger partial charge is 0.475 e. The molecule has 2 aromatic carbocycles. The number of nitrogens with zero attached hydrogens (tertiary/aromatic N) is 2. The molecule has 2 amide bonds. The number of carbonyl (C=O) groups excluding carboxylic acids is 3. The number of aliphatic carboxylic acids is 1. The molecule has 21 heteroatoms. The highest BCUT2D eigenvalue weighted by atomic mass is 19.4. The fourth-order valence-corrected chi connectivity index (χ4v) is 4.03. The molecule has 4 rings (SSSR count). The van der Waals surface area contributed by atoms with Crippen LogP contribution in [0.15, 0.2) is 41.5 Å². The van der Waals surface area contributed by atoms with Crippen LogP contribution in [0.3, 0.4) is 0 Å². The van der Waals surface area contributed by atoms with Gasteiger partial charge in [-0.3, -0.25) is 19.5 Å². The molecule has 0 bridgehead atoms. The number of nitrogens with one attached hydrogen (secondary N) is 5. The van der Waals surface area contributed by atoms with E-state index in [0.717, 1.165) is 13.2 Å². The number of aliphatic imine (C=N–C) groups is 1. The lowest BCUT2D eigenvalue weighted by molar-refractivity contribution is -0.192. The number of guanidine groups is 1. The van der Waals surface area contributed by atoms with Crippen LogP contribution in [0.5, 0.6) is 0 Å². The number of H-pyrrole nitrogens is 1. The van der Waals surface area contributed by atoms with Crippen molar-refractivity contribution in [3.05, 3.63) is 59.0 Å². The molecule has 13 nitrogen and oxygen atoms in total. The van der Waals surface area contributed by atoms with Crippen LogP contribution in [0.25, 0.3) is 10.9 Å². The summed E-state index contributed by atoms with van der Waals surface area (Å²) in [6.07, 6.45) is -10.4. The SMILES string of the molecule is COC(=O)C[C@H](NC(=O)CNC(=O)c1cc(NC2=NCC(F)CN2)cc2[nH]ncc12)c1ccc(F)c(C(F)(F)F)c1.O=C(O)C(F)(F)F. The average molecular weight is 696 g/mol. The number of ether oxygens (including phenoxy) is 1. The number of rotatable bonds is 8. The summed E-state index contributed by atoms with van der Waals surface area (Å²) in [5.41, 5.74) is -0.759. The third-order valence-electron chi connectivity index (χ3n) is 6.29. The number of fused-ring (bicyclic) bond motifs is 1. The largest absolute Gasteiger partial charge is 0.490 e. The zero-order chi connectivity index (χ0) is 35.8. The molecule has 0 saturated heterocycles. The van der Waals surface area contributed by atoms with E-state index >= 15 is 0 Å². The lowest BCUT2D eigenvalue weighted by Crippen LogP contribution is -2.41. The van der Waals surface area contributed by atoms with Crippen LogP contribution in [0.4, 0.5) is 40.8 Å². The molecule has 0 radical (unpaired) electrons. The fraction of sp³-hybridized carbons (Fsp3) is 0.333. The van der Waals surface area contributed by atoms with Crippen molar-refractivity contribution in [3.63, 3.8) is 0 Å². The number of aromatic amines is 1. The molecule has 3 aromatic rings. The first-order valence-electron chi connectivity index (χ1n) is 13.4. The van der Waals surface area contributed by atoms with Gasteiger partial charge in [0, 0.05) is 11.1 Å². The van der Waals surface area contributed by atoms with Gasteiger partial charge in [-0.05, 0) is 29.8 Å². The van der Waals surface area contributed by atoms with Crippen molar-refractivity contribution in [2.24, 2.45) is 4.99 Å². The van der Waals surface area contributed by atoms with Crippen LogP contribution in [0.2, 0.25) is 0 Å². The maximum absolute atomic E-state index is 13.8. The minimum atomic E-state index is -5.08. The van der Waals surface area contributed by atoms with E-state index in [1.807, 2.05) is 0 Å². The van der Waals surface area contributed by atoms with E-state index in [4.69, 9.17) is 9.90 Å². The third kappa shape index (κ3) is 10.3. The maximum atomic E-state index is 13.8. The standard InChI is InChI=1S/C25H24F5N7O4.C2HF3O2/c1-41-22(39)7-19(12-2-3-18(27)17(4-12)25(28,29)30)36-21(38)11-31-23(40)15-5-14(6-20-16(15)10-34-37-20)35-24-32-8-13(26)9-33-24;3-2(4,5)1(6)7/h2-6,10,13,19H,7-9,11H2,1H3,(H,31,40)(H,34,37)(H,36,38)(H2,32,33,35);(H,6,7)/t19-;/m0./s1. The Kier molecular flexibility index (Phi) is 11.9. The van der Waals surface area contributed by atoms with Gasteiger partial charge in [-0.15, -0.1) is 0 Å². The molecule has 260 valence electrons. The Balaban J connectivity index is 0.000000804. The lowest BCUT2D eigenvalue weighted by Gasteiger charge is -2.20. The van der Waals surface area contributed by atoms with Crippen LogP contribution < -0.4 is 21.3 Å². The first kappa shape index (κ1) is 37.0. The number of hydrogen-bond acceptors (Lipinski definition) is 9. The maximum Gasteiger partial charge on any atom is 0.490 e. The Morgan fingerprint density at radius 1 is 1.10 bits per heavy atom. The van der Waals surface area contributed by atoms with Crippen LogP contribution in [0.1, 0.15) is 33.9 Å². The molecule has 2 heterocycles. The Morgan fingerprint density at radius 3 is 2.38 bits per heavy atom. The summed E-state index contributed by atoms with van der Waals surface area (Å²) in [5.74, 6) is -6.35. The molecular weight excluding hydrogens is 670 g/mol. The molecule has 2 atom stereocenters. The van der Waals surface area contributed by atoms with Crippen molar-refractivity contribution >= 4 is 46.3 Å². The summed E-state index contributed by atoms with van der Waals surface area (Å²) in [6, 6.07) is 3.88. The van der Waals surface area contributed by atoms with E-state index in [1.165, 1.54) is 12.3 Å². The Bertz CT molecular complexity index is 1690. The second-order valence-electron chi connectivity index (χ2n) is 9.77. The van der Waals surface area contributed by atoms with Crippen molar-refractivity contribution < 1.29 is 64.1 Å². The summed E-state index contributed by atoms with van der Waals surface area (Å²) in [4.78, 5) is 50.5. The molecule has 48 heavy (non-hydrogen) atoms. The Labute approximate surface area is 264 Å². The summed E-state index contributed by atoms with van der Waals surface area (Å²) < 4.78 is 103. The number of esters is 1. The highest BCUT2D eigenvalue weighted by Crippen LogP contribution is 2.33. The number of aromatic nitrogens is 2. The van der Waals surface area contributed by atoms with Gasteiger partial charge in [0.05, 0.1) is 62.0 Å². The molecule has 0 aliphatic carbocycles. The number of carboxylic acids is 1. The predicted molar refractivity (Wildman–Crippen MR) is 150 cm³/mol. The number of benzene rings is 2.